The highest BCUT2D eigenvalue weighted by Crippen LogP contribution is 2.47. The van der Waals surface area contributed by atoms with E-state index in [0.29, 0.717) is 11.5 Å². The molecule has 2 fully saturated rings. The molecule has 114 valence electrons. The number of nitrogens with zero attached hydrogens (tertiary/aromatic N) is 1. The van der Waals surface area contributed by atoms with Crippen molar-refractivity contribution in [3.8, 4) is 0 Å². The summed E-state index contributed by atoms with van der Waals surface area (Å²) in [7, 11) is 0. The number of pyridine rings is 1. The molecule has 3 rings (SSSR count). The Morgan fingerprint density at radius 1 is 1.38 bits per heavy atom. The first kappa shape index (κ1) is 14.4. The normalized spacial score (nSPS) is 26.8. The summed E-state index contributed by atoms with van der Waals surface area (Å²) in [6.07, 6.45) is 9.88. The summed E-state index contributed by atoms with van der Waals surface area (Å²) in [6, 6.07) is 1.88. The Hall–Kier alpha value is -1.58. The number of fused-ring (bicyclic) bond motifs is 2. The Bertz CT molecular complexity index is 503. The first-order valence-electron chi connectivity index (χ1n) is 8.24. The summed E-state index contributed by atoms with van der Waals surface area (Å²) in [6.45, 7) is 3.81. The van der Waals surface area contributed by atoms with Gasteiger partial charge in [-0.05, 0) is 49.5 Å². The second-order valence-corrected chi connectivity index (χ2v) is 6.49. The van der Waals surface area contributed by atoms with Crippen molar-refractivity contribution >= 4 is 11.6 Å². The van der Waals surface area contributed by atoms with Crippen LogP contribution in [0, 0.1) is 17.8 Å². The average molecular weight is 287 g/mol. The zero-order chi connectivity index (χ0) is 14.7. The van der Waals surface area contributed by atoms with Crippen LogP contribution < -0.4 is 10.6 Å². The van der Waals surface area contributed by atoms with Gasteiger partial charge >= 0.3 is 0 Å². The second kappa shape index (κ2) is 6.46. The largest absolute Gasteiger partial charge is 0.384 e. The van der Waals surface area contributed by atoms with Crippen molar-refractivity contribution in [1.82, 2.24) is 10.3 Å². The lowest BCUT2D eigenvalue weighted by Gasteiger charge is -2.22. The van der Waals surface area contributed by atoms with E-state index in [9.17, 15) is 4.79 Å². The van der Waals surface area contributed by atoms with Gasteiger partial charge in [-0.15, -0.1) is 0 Å². The van der Waals surface area contributed by atoms with E-state index in [4.69, 9.17) is 0 Å². The second-order valence-electron chi connectivity index (χ2n) is 6.49. The number of carbonyl (C=O) groups is 1. The van der Waals surface area contributed by atoms with Crippen LogP contribution in [0.5, 0.6) is 0 Å². The number of carbonyl (C=O) groups excluding carboxylic acids is 1. The van der Waals surface area contributed by atoms with E-state index in [1.54, 1.807) is 12.4 Å². The van der Waals surface area contributed by atoms with Crippen LogP contribution in [-0.2, 0) is 0 Å². The molecular formula is C17H25N3O. The van der Waals surface area contributed by atoms with Crippen molar-refractivity contribution in [2.75, 3.05) is 18.4 Å². The van der Waals surface area contributed by atoms with Gasteiger partial charge in [-0.2, -0.15) is 0 Å². The molecule has 0 aromatic carbocycles. The Balaban J connectivity index is 1.57. The first-order valence-corrected chi connectivity index (χ1v) is 8.24. The van der Waals surface area contributed by atoms with Crippen LogP contribution in [0.15, 0.2) is 18.5 Å². The molecule has 1 aromatic heterocycles. The molecule has 2 aliphatic carbocycles. The molecule has 1 heterocycles. The quantitative estimate of drug-likeness (QED) is 0.845. The molecule has 2 bridgehead atoms. The number of rotatable bonds is 6. The highest BCUT2D eigenvalue weighted by Gasteiger charge is 2.39. The minimum atomic E-state index is 0.00414. The lowest BCUT2D eigenvalue weighted by Crippen LogP contribution is -2.32. The summed E-state index contributed by atoms with van der Waals surface area (Å²) >= 11 is 0. The molecule has 4 nitrogen and oxygen atoms in total. The Labute approximate surface area is 126 Å². The topological polar surface area (TPSA) is 54.0 Å². The maximum Gasteiger partial charge on any atom is 0.254 e. The number of nitrogens with one attached hydrogen (secondary N) is 2. The third kappa shape index (κ3) is 3.20. The minimum absolute atomic E-state index is 0.00414. The first-order chi connectivity index (χ1) is 10.3. The van der Waals surface area contributed by atoms with E-state index in [1.807, 2.05) is 6.07 Å². The smallest absolute Gasteiger partial charge is 0.254 e. The van der Waals surface area contributed by atoms with E-state index < -0.39 is 0 Å². The number of hydrogen-bond acceptors (Lipinski definition) is 3. The lowest BCUT2D eigenvalue weighted by molar-refractivity contribution is 0.0942. The van der Waals surface area contributed by atoms with Crippen LogP contribution in [0.4, 0.5) is 5.69 Å². The molecule has 0 saturated heterocycles. The van der Waals surface area contributed by atoms with Crippen molar-refractivity contribution in [1.29, 1.82) is 0 Å². The van der Waals surface area contributed by atoms with E-state index in [0.717, 1.165) is 37.0 Å². The number of amides is 1. The van der Waals surface area contributed by atoms with Crippen molar-refractivity contribution < 1.29 is 4.79 Å². The maximum atomic E-state index is 12.4. The third-order valence-electron chi connectivity index (χ3n) is 5.04. The van der Waals surface area contributed by atoms with Gasteiger partial charge in [0.2, 0.25) is 0 Å². The monoisotopic (exact) mass is 287 g/mol. The lowest BCUT2D eigenvalue weighted by atomic mass is 9.89. The van der Waals surface area contributed by atoms with Crippen molar-refractivity contribution in [2.45, 2.75) is 39.0 Å². The zero-order valence-electron chi connectivity index (χ0n) is 12.8. The van der Waals surface area contributed by atoms with E-state index in [-0.39, 0.29) is 5.91 Å². The molecule has 4 heteroatoms. The number of aromatic nitrogens is 1. The van der Waals surface area contributed by atoms with E-state index in [1.165, 1.54) is 25.7 Å². The van der Waals surface area contributed by atoms with Crippen molar-refractivity contribution in [3.63, 3.8) is 0 Å². The van der Waals surface area contributed by atoms with E-state index >= 15 is 0 Å². The van der Waals surface area contributed by atoms with Crippen LogP contribution in [0.2, 0.25) is 0 Å². The van der Waals surface area contributed by atoms with Gasteiger partial charge in [-0.3, -0.25) is 9.78 Å². The van der Waals surface area contributed by atoms with Crippen molar-refractivity contribution in [2.24, 2.45) is 17.8 Å². The molecule has 0 aliphatic heterocycles. The summed E-state index contributed by atoms with van der Waals surface area (Å²) < 4.78 is 0. The molecule has 2 N–H and O–H groups in total. The Kier molecular flexibility index (Phi) is 4.42. The molecule has 0 radical (unpaired) electrons. The third-order valence-corrected chi connectivity index (χ3v) is 5.04. The number of hydrogen-bond donors (Lipinski definition) is 2. The predicted molar refractivity (Wildman–Crippen MR) is 84.3 cm³/mol. The van der Waals surface area contributed by atoms with Crippen LogP contribution >= 0.6 is 0 Å². The fourth-order valence-corrected chi connectivity index (χ4v) is 3.93. The Morgan fingerprint density at radius 3 is 3.00 bits per heavy atom. The highest BCUT2D eigenvalue weighted by molar-refractivity contribution is 5.99. The molecule has 3 atom stereocenters. The van der Waals surface area contributed by atoms with Crippen LogP contribution in [0.25, 0.3) is 0 Å². The van der Waals surface area contributed by atoms with Crippen molar-refractivity contribution in [3.05, 3.63) is 24.0 Å². The van der Waals surface area contributed by atoms with Gasteiger partial charge in [0.1, 0.15) is 0 Å². The van der Waals surface area contributed by atoms with Gasteiger partial charge in [0.25, 0.3) is 5.91 Å². The molecule has 1 amide bonds. The maximum absolute atomic E-state index is 12.4. The fraction of sp³-hybridized carbons (Fsp3) is 0.647. The van der Waals surface area contributed by atoms with E-state index in [2.05, 4.69) is 22.5 Å². The molecule has 1 aromatic rings. The molecular weight excluding hydrogens is 262 g/mol. The molecule has 3 unspecified atom stereocenters. The van der Waals surface area contributed by atoms with Gasteiger partial charge in [-0.25, -0.2) is 0 Å². The van der Waals surface area contributed by atoms with Crippen LogP contribution in [0.3, 0.4) is 0 Å². The number of anilines is 1. The summed E-state index contributed by atoms with van der Waals surface area (Å²) in [5, 5.41) is 6.42. The minimum Gasteiger partial charge on any atom is -0.384 e. The van der Waals surface area contributed by atoms with Gasteiger partial charge in [0.15, 0.2) is 0 Å². The standard InChI is InChI=1S/C17H25N3O/c1-2-6-19-16-5-7-18-11-15(16)17(21)20-10-14-9-12-3-4-13(14)8-12/h5,7,11-14H,2-4,6,8-10H2,1H3,(H,18,19)(H,20,21). The predicted octanol–water partition coefficient (Wildman–Crippen LogP) is 3.07. The Morgan fingerprint density at radius 2 is 2.29 bits per heavy atom. The zero-order valence-corrected chi connectivity index (χ0v) is 12.8. The summed E-state index contributed by atoms with van der Waals surface area (Å²) in [5.74, 6) is 2.47. The van der Waals surface area contributed by atoms with Gasteiger partial charge in [0.05, 0.1) is 11.3 Å². The average Bonchev–Trinajstić information content (AvgIpc) is 3.13. The summed E-state index contributed by atoms with van der Waals surface area (Å²) in [4.78, 5) is 16.5. The van der Waals surface area contributed by atoms with Gasteiger partial charge in [0, 0.05) is 25.5 Å². The van der Waals surface area contributed by atoms with Gasteiger partial charge < -0.3 is 10.6 Å². The van der Waals surface area contributed by atoms with Gasteiger partial charge in [-0.1, -0.05) is 13.3 Å². The molecule has 0 spiro atoms. The van der Waals surface area contributed by atoms with Crippen LogP contribution in [-0.4, -0.2) is 24.0 Å². The SMILES string of the molecule is CCCNc1ccncc1C(=O)NCC1CC2CCC1C2. The van der Waals surface area contributed by atoms with Crippen LogP contribution in [0.1, 0.15) is 49.4 Å². The molecule has 2 saturated carbocycles. The fourth-order valence-electron chi connectivity index (χ4n) is 3.93. The molecule has 2 aliphatic rings. The highest BCUT2D eigenvalue weighted by atomic mass is 16.1. The summed E-state index contributed by atoms with van der Waals surface area (Å²) in [5.41, 5.74) is 1.55. The molecule has 21 heavy (non-hydrogen) atoms.